The van der Waals surface area contributed by atoms with Gasteiger partial charge in [-0.15, -0.1) is 0 Å². The van der Waals surface area contributed by atoms with Crippen molar-refractivity contribution in [2.45, 2.75) is 25.3 Å². The van der Waals surface area contributed by atoms with Gasteiger partial charge in [0.25, 0.3) is 5.91 Å². The summed E-state index contributed by atoms with van der Waals surface area (Å²) in [5, 5.41) is 9.13. The SMILES string of the molecule is O=C(O)C1CCCCN1C(=O)c1ccc(Br)c(F)c1. The molecule has 19 heavy (non-hydrogen) atoms. The molecule has 2 rings (SSSR count). The number of halogens is 2. The third-order valence-electron chi connectivity index (χ3n) is 3.22. The summed E-state index contributed by atoms with van der Waals surface area (Å²) < 4.78 is 13.7. The number of carbonyl (C=O) groups is 2. The van der Waals surface area contributed by atoms with E-state index in [4.69, 9.17) is 5.11 Å². The van der Waals surface area contributed by atoms with Crippen molar-refractivity contribution in [3.63, 3.8) is 0 Å². The van der Waals surface area contributed by atoms with Crippen molar-refractivity contribution >= 4 is 27.8 Å². The van der Waals surface area contributed by atoms with E-state index in [1.54, 1.807) is 0 Å². The fourth-order valence-electron chi connectivity index (χ4n) is 2.23. The van der Waals surface area contributed by atoms with Crippen LogP contribution in [0, 0.1) is 5.82 Å². The number of aliphatic carboxylic acids is 1. The second kappa shape index (κ2) is 5.69. The lowest BCUT2D eigenvalue weighted by atomic mass is 10.0. The molecule has 1 aromatic rings. The van der Waals surface area contributed by atoms with Crippen molar-refractivity contribution in [3.8, 4) is 0 Å². The van der Waals surface area contributed by atoms with E-state index in [9.17, 15) is 14.0 Å². The fraction of sp³-hybridized carbons (Fsp3) is 0.385. The highest BCUT2D eigenvalue weighted by atomic mass is 79.9. The second-order valence-electron chi connectivity index (χ2n) is 4.48. The Balaban J connectivity index is 2.26. The molecule has 1 saturated heterocycles. The van der Waals surface area contributed by atoms with Crippen LogP contribution in [-0.2, 0) is 4.79 Å². The zero-order valence-electron chi connectivity index (χ0n) is 10.1. The van der Waals surface area contributed by atoms with Gasteiger partial charge in [0.05, 0.1) is 4.47 Å². The largest absolute Gasteiger partial charge is 0.480 e. The highest BCUT2D eigenvalue weighted by Crippen LogP contribution is 2.22. The number of benzene rings is 1. The minimum absolute atomic E-state index is 0.175. The molecule has 1 heterocycles. The minimum Gasteiger partial charge on any atom is -0.480 e. The van der Waals surface area contributed by atoms with Gasteiger partial charge in [-0.2, -0.15) is 0 Å². The predicted molar refractivity (Wildman–Crippen MR) is 70.4 cm³/mol. The van der Waals surface area contributed by atoms with Crippen LogP contribution in [0.2, 0.25) is 0 Å². The first kappa shape index (κ1) is 14.0. The van der Waals surface area contributed by atoms with Gasteiger partial charge >= 0.3 is 5.97 Å². The van der Waals surface area contributed by atoms with Crippen molar-refractivity contribution in [1.29, 1.82) is 0 Å². The van der Waals surface area contributed by atoms with Gasteiger partial charge < -0.3 is 10.0 Å². The van der Waals surface area contributed by atoms with Crippen molar-refractivity contribution in [3.05, 3.63) is 34.1 Å². The van der Waals surface area contributed by atoms with Crippen molar-refractivity contribution in [2.75, 3.05) is 6.54 Å². The number of carboxylic acid groups (broad SMARTS) is 1. The van der Waals surface area contributed by atoms with Gasteiger partial charge in [-0.1, -0.05) is 0 Å². The zero-order valence-corrected chi connectivity index (χ0v) is 11.7. The summed E-state index contributed by atoms with van der Waals surface area (Å²) in [5.41, 5.74) is 0.175. The number of hydrogen-bond donors (Lipinski definition) is 1. The Morgan fingerprint density at radius 3 is 2.74 bits per heavy atom. The number of likely N-dealkylation sites (tertiary alicyclic amines) is 1. The number of rotatable bonds is 2. The average molecular weight is 330 g/mol. The van der Waals surface area contributed by atoms with Gasteiger partial charge in [0.1, 0.15) is 11.9 Å². The van der Waals surface area contributed by atoms with E-state index in [0.29, 0.717) is 13.0 Å². The number of nitrogens with zero attached hydrogens (tertiary/aromatic N) is 1. The molecule has 1 atom stereocenters. The lowest BCUT2D eigenvalue weighted by Gasteiger charge is -2.33. The number of carboxylic acids is 1. The van der Waals surface area contributed by atoms with E-state index in [1.165, 1.54) is 17.0 Å². The molecule has 0 spiro atoms. The number of amides is 1. The summed E-state index contributed by atoms with van der Waals surface area (Å²) in [6.45, 7) is 0.396. The summed E-state index contributed by atoms with van der Waals surface area (Å²) in [6.07, 6.45) is 2.00. The van der Waals surface area contributed by atoms with Crippen LogP contribution < -0.4 is 0 Å². The summed E-state index contributed by atoms with van der Waals surface area (Å²) in [7, 11) is 0. The van der Waals surface area contributed by atoms with Crippen molar-refractivity contribution in [1.82, 2.24) is 4.90 Å². The topological polar surface area (TPSA) is 57.6 Å². The molecule has 1 aliphatic heterocycles. The predicted octanol–water partition coefficient (Wildman–Crippen LogP) is 2.67. The fourth-order valence-corrected chi connectivity index (χ4v) is 2.47. The number of hydrogen-bond acceptors (Lipinski definition) is 2. The maximum atomic E-state index is 13.4. The Bertz CT molecular complexity index is 521. The molecule has 1 aromatic carbocycles. The Kier molecular flexibility index (Phi) is 4.19. The van der Waals surface area contributed by atoms with Crippen LogP contribution >= 0.6 is 15.9 Å². The minimum atomic E-state index is -1.01. The quantitative estimate of drug-likeness (QED) is 0.907. The molecule has 0 aliphatic carbocycles. The van der Waals surface area contributed by atoms with Gasteiger partial charge in [0, 0.05) is 12.1 Å². The first-order valence-corrected chi connectivity index (χ1v) is 6.79. The van der Waals surface area contributed by atoms with Crippen LogP contribution in [0.3, 0.4) is 0 Å². The van der Waals surface area contributed by atoms with Gasteiger partial charge in [-0.3, -0.25) is 4.79 Å². The zero-order chi connectivity index (χ0) is 14.0. The van der Waals surface area contributed by atoms with Gasteiger partial charge in [-0.25, -0.2) is 9.18 Å². The molecule has 4 nitrogen and oxygen atoms in total. The highest BCUT2D eigenvalue weighted by molar-refractivity contribution is 9.10. The van der Waals surface area contributed by atoms with Crippen LogP contribution in [0.25, 0.3) is 0 Å². The monoisotopic (exact) mass is 329 g/mol. The van der Waals surface area contributed by atoms with E-state index in [2.05, 4.69) is 15.9 Å². The normalized spacial score (nSPS) is 19.3. The van der Waals surface area contributed by atoms with Gasteiger partial charge in [0.15, 0.2) is 0 Å². The van der Waals surface area contributed by atoms with E-state index in [0.717, 1.165) is 18.9 Å². The van der Waals surface area contributed by atoms with E-state index in [-0.39, 0.29) is 10.0 Å². The smallest absolute Gasteiger partial charge is 0.326 e. The summed E-state index contributed by atoms with van der Waals surface area (Å²) in [6, 6.07) is 3.25. The molecule has 0 radical (unpaired) electrons. The van der Waals surface area contributed by atoms with Crippen LogP contribution in [0.1, 0.15) is 29.6 Å². The second-order valence-corrected chi connectivity index (χ2v) is 5.33. The first-order chi connectivity index (χ1) is 9.00. The molecular formula is C13H13BrFNO3. The Hall–Kier alpha value is -1.43. The van der Waals surface area contributed by atoms with E-state index < -0.39 is 23.7 Å². The molecule has 0 saturated carbocycles. The van der Waals surface area contributed by atoms with Crippen LogP contribution in [-0.4, -0.2) is 34.5 Å². The molecule has 0 aromatic heterocycles. The maximum absolute atomic E-state index is 13.4. The standard InChI is InChI=1S/C13H13BrFNO3/c14-9-5-4-8(7-10(9)15)12(17)16-6-2-1-3-11(16)13(18)19/h4-5,7,11H,1-3,6H2,(H,18,19). The van der Waals surface area contributed by atoms with E-state index in [1.807, 2.05) is 0 Å². The molecule has 1 fully saturated rings. The van der Waals surface area contributed by atoms with E-state index >= 15 is 0 Å². The molecule has 1 unspecified atom stereocenters. The summed E-state index contributed by atoms with van der Waals surface area (Å²) >= 11 is 3.02. The molecule has 102 valence electrons. The third kappa shape index (κ3) is 2.94. The Morgan fingerprint density at radius 2 is 2.11 bits per heavy atom. The van der Waals surface area contributed by atoms with Gasteiger partial charge in [-0.05, 0) is 53.4 Å². The Morgan fingerprint density at radius 1 is 1.37 bits per heavy atom. The molecule has 6 heteroatoms. The lowest BCUT2D eigenvalue weighted by Crippen LogP contribution is -2.48. The number of carbonyl (C=O) groups excluding carboxylic acids is 1. The summed E-state index contributed by atoms with van der Waals surface area (Å²) in [5.74, 6) is -1.97. The molecular weight excluding hydrogens is 317 g/mol. The van der Waals surface area contributed by atoms with Gasteiger partial charge in [0.2, 0.25) is 0 Å². The molecule has 0 bridgehead atoms. The number of piperidine rings is 1. The summed E-state index contributed by atoms with van der Waals surface area (Å²) in [4.78, 5) is 24.7. The van der Waals surface area contributed by atoms with Crippen LogP contribution in [0.15, 0.2) is 22.7 Å². The Labute approximate surface area is 118 Å². The molecule has 1 N–H and O–H groups in total. The average Bonchev–Trinajstić information content (AvgIpc) is 2.41. The highest BCUT2D eigenvalue weighted by Gasteiger charge is 2.32. The molecule has 1 aliphatic rings. The first-order valence-electron chi connectivity index (χ1n) is 5.99. The van der Waals surface area contributed by atoms with Crippen LogP contribution in [0.5, 0.6) is 0 Å². The van der Waals surface area contributed by atoms with Crippen molar-refractivity contribution in [2.24, 2.45) is 0 Å². The molecule has 1 amide bonds. The third-order valence-corrected chi connectivity index (χ3v) is 3.86. The lowest BCUT2D eigenvalue weighted by molar-refractivity contribution is -0.143. The van der Waals surface area contributed by atoms with Crippen LogP contribution in [0.4, 0.5) is 4.39 Å². The van der Waals surface area contributed by atoms with Crippen molar-refractivity contribution < 1.29 is 19.1 Å². The maximum Gasteiger partial charge on any atom is 0.326 e.